The van der Waals surface area contributed by atoms with Crippen LogP contribution in [0.25, 0.3) is 0 Å². The molecule has 1 heterocycles. The van der Waals surface area contributed by atoms with Gasteiger partial charge in [-0.05, 0) is 31.4 Å². The fraction of sp³-hybridized carbons (Fsp3) is 0.917. The Kier molecular flexibility index (Phi) is 7.66. The highest BCUT2D eigenvalue weighted by atomic mass is 127. The number of nitrogens with two attached hydrogens (primary N) is 1. The topological polar surface area (TPSA) is 50.4 Å². The molecular weight excluding hydrogens is 345 g/mol. The molecule has 0 radical (unpaired) electrons. The lowest BCUT2D eigenvalue weighted by Gasteiger charge is -2.20. The van der Waals surface area contributed by atoms with Crippen molar-refractivity contribution in [2.45, 2.75) is 56.2 Å². The van der Waals surface area contributed by atoms with Crippen molar-refractivity contribution < 1.29 is 0 Å². The van der Waals surface area contributed by atoms with Gasteiger partial charge in [0.15, 0.2) is 5.96 Å². The van der Waals surface area contributed by atoms with Crippen LogP contribution in [0, 0.1) is 0 Å². The van der Waals surface area contributed by atoms with Crippen molar-refractivity contribution in [3.05, 3.63) is 0 Å². The molecule has 100 valence electrons. The zero-order valence-electron chi connectivity index (χ0n) is 10.4. The van der Waals surface area contributed by atoms with Gasteiger partial charge in [-0.25, -0.2) is 0 Å². The summed E-state index contributed by atoms with van der Waals surface area (Å²) in [6.45, 7) is 0.899. The third-order valence-electron chi connectivity index (χ3n) is 3.45. The fourth-order valence-corrected chi connectivity index (χ4v) is 3.69. The number of aliphatic imine (C=N–C) groups is 1. The molecule has 17 heavy (non-hydrogen) atoms. The van der Waals surface area contributed by atoms with Gasteiger partial charge in [0.1, 0.15) is 0 Å². The molecule has 1 saturated carbocycles. The van der Waals surface area contributed by atoms with E-state index in [2.05, 4.69) is 22.1 Å². The van der Waals surface area contributed by atoms with E-state index in [0.29, 0.717) is 17.3 Å². The van der Waals surface area contributed by atoms with Gasteiger partial charge in [0.05, 0.1) is 6.54 Å². The van der Waals surface area contributed by atoms with Crippen LogP contribution in [0.1, 0.15) is 44.9 Å². The van der Waals surface area contributed by atoms with Crippen molar-refractivity contribution >= 4 is 41.7 Å². The number of hydrogen-bond donors (Lipinski definition) is 2. The minimum absolute atomic E-state index is 0. The Morgan fingerprint density at radius 3 is 2.53 bits per heavy atom. The van der Waals surface area contributed by atoms with E-state index < -0.39 is 0 Å². The Balaban J connectivity index is 0.00000144. The Morgan fingerprint density at radius 1 is 1.18 bits per heavy atom. The summed E-state index contributed by atoms with van der Waals surface area (Å²) in [5, 5.41) is 4.04. The fourth-order valence-electron chi connectivity index (χ4n) is 2.48. The van der Waals surface area contributed by atoms with Crippen LogP contribution < -0.4 is 11.1 Å². The van der Waals surface area contributed by atoms with Crippen molar-refractivity contribution in [1.82, 2.24) is 5.32 Å². The molecule has 0 bridgehead atoms. The van der Waals surface area contributed by atoms with Gasteiger partial charge in [-0.15, -0.1) is 24.0 Å². The van der Waals surface area contributed by atoms with Gasteiger partial charge in [-0.1, -0.05) is 19.3 Å². The molecule has 0 aromatic carbocycles. The first kappa shape index (κ1) is 15.4. The molecule has 0 spiro atoms. The molecule has 2 aliphatic rings. The summed E-state index contributed by atoms with van der Waals surface area (Å²) < 4.78 is 0. The number of rotatable bonds is 3. The second-order valence-electron chi connectivity index (χ2n) is 4.84. The minimum Gasteiger partial charge on any atom is -0.370 e. The first-order valence-electron chi connectivity index (χ1n) is 6.52. The highest BCUT2D eigenvalue weighted by Crippen LogP contribution is 2.25. The lowest BCUT2D eigenvalue weighted by Crippen LogP contribution is -2.39. The van der Waals surface area contributed by atoms with Gasteiger partial charge in [-0.3, -0.25) is 4.99 Å². The molecule has 0 amide bonds. The van der Waals surface area contributed by atoms with Gasteiger partial charge in [0, 0.05) is 11.3 Å². The molecule has 1 saturated heterocycles. The molecule has 0 aromatic rings. The monoisotopic (exact) mass is 369 g/mol. The smallest absolute Gasteiger partial charge is 0.188 e. The van der Waals surface area contributed by atoms with E-state index in [1.807, 2.05) is 0 Å². The van der Waals surface area contributed by atoms with Gasteiger partial charge in [-0.2, -0.15) is 11.8 Å². The van der Waals surface area contributed by atoms with Crippen LogP contribution in [0.5, 0.6) is 0 Å². The number of nitrogens with zero attached hydrogens (tertiary/aromatic N) is 1. The third-order valence-corrected chi connectivity index (χ3v) is 4.83. The number of hydrogen-bond acceptors (Lipinski definition) is 2. The van der Waals surface area contributed by atoms with E-state index in [1.54, 1.807) is 0 Å². The summed E-state index contributed by atoms with van der Waals surface area (Å²) in [6, 6.07) is 0.586. The lowest BCUT2D eigenvalue weighted by molar-refractivity contribution is 0.621. The van der Waals surface area contributed by atoms with Crippen LogP contribution in [0.15, 0.2) is 4.99 Å². The molecule has 3 N–H and O–H groups in total. The van der Waals surface area contributed by atoms with Gasteiger partial charge in [0.25, 0.3) is 0 Å². The molecule has 1 aliphatic heterocycles. The number of guanidine groups is 1. The predicted octanol–water partition coefficient (Wildman–Crippen LogP) is 2.74. The Hall–Kier alpha value is 0.350. The first-order valence-corrected chi connectivity index (χ1v) is 7.57. The summed E-state index contributed by atoms with van der Waals surface area (Å²) in [5.41, 5.74) is 5.90. The van der Waals surface area contributed by atoms with E-state index >= 15 is 0 Å². The van der Waals surface area contributed by atoms with Gasteiger partial charge in [0.2, 0.25) is 0 Å². The predicted molar refractivity (Wildman–Crippen MR) is 87.4 cm³/mol. The van der Waals surface area contributed by atoms with Crippen molar-refractivity contribution in [2.75, 3.05) is 12.3 Å². The van der Waals surface area contributed by atoms with Crippen LogP contribution >= 0.6 is 35.7 Å². The van der Waals surface area contributed by atoms with Crippen LogP contribution in [-0.2, 0) is 0 Å². The number of halogens is 1. The van der Waals surface area contributed by atoms with E-state index in [-0.39, 0.29) is 24.0 Å². The molecule has 3 nitrogen and oxygen atoms in total. The standard InChI is InChI=1S/C12H23N3S.HI/c13-12(15-10-5-1-2-6-10)14-9-11-7-3-4-8-16-11;/h10-11H,1-9H2,(H3,13,14,15);1H. The number of nitrogens with one attached hydrogen (secondary N) is 1. The second-order valence-corrected chi connectivity index (χ2v) is 6.25. The molecule has 5 heteroatoms. The van der Waals surface area contributed by atoms with Crippen LogP contribution in [0.2, 0.25) is 0 Å². The average Bonchev–Trinajstić information content (AvgIpc) is 2.81. The molecule has 1 unspecified atom stereocenters. The molecule has 0 aromatic heterocycles. The maximum Gasteiger partial charge on any atom is 0.188 e. The van der Waals surface area contributed by atoms with Crippen molar-refractivity contribution in [2.24, 2.45) is 10.7 Å². The van der Waals surface area contributed by atoms with Crippen molar-refractivity contribution in [1.29, 1.82) is 0 Å². The summed E-state index contributed by atoms with van der Waals surface area (Å²) in [5.74, 6) is 1.97. The van der Waals surface area contributed by atoms with E-state index in [9.17, 15) is 0 Å². The Bertz CT molecular complexity index is 236. The van der Waals surface area contributed by atoms with Crippen LogP contribution in [0.4, 0.5) is 0 Å². The highest BCUT2D eigenvalue weighted by Gasteiger charge is 2.16. The van der Waals surface area contributed by atoms with Gasteiger partial charge >= 0.3 is 0 Å². The van der Waals surface area contributed by atoms with Crippen LogP contribution in [0.3, 0.4) is 0 Å². The average molecular weight is 369 g/mol. The van der Waals surface area contributed by atoms with Crippen LogP contribution in [-0.4, -0.2) is 29.5 Å². The highest BCUT2D eigenvalue weighted by molar-refractivity contribution is 14.0. The van der Waals surface area contributed by atoms with Crippen molar-refractivity contribution in [3.63, 3.8) is 0 Å². The first-order chi connectivity index (χ1) is 7.84. The summed E-state index contributed by atoms with van der Waals surface area (Å²) in [7, 11) is 0. The molecule has 1 atom stereocenters. The molecule has 2 fully saturated rings. The Labute approximate surface area is 126 Å². The maximum atomic E-state index is 5.90. The summed E-state index contributed by atoms with van der Waals surface area (Å²) in [4.78, 5) is 4.47. The number of thioether (sulfide) groups is 1. The quantitative estimate of drug-likeness (QED) is 0.457. The SMILES string of the molecule is I.NC(=NCC1CCCCS1)NC1CCCC1. The largest absolute Gasteiger partial charge is 0.370 e. The molecular formula is C12H24IN3S. The normalized spacial score (nSPS) is 26.6. The molecule has 2 rings (SSSR count). The second kappa shape index (κ2) is 8.45. The van der Waals surface area contributed by atoms with E-state index in [0.717, 1.165) is 6.54 Å². The molecule has 1 aliphatic carbocycles. The zero-order valence-corrected chi connectivity index (χ0v) is 13.5. The van der Waals surface area contributed by atoms with E-state index in [4.69, 9.17) is 5.73 Å². The summed E-state index contributed by atoms with van der Waals surface area (Å²) in [6.07, 6.45) is 9.24. The van der Waals surface area contributed by atoms with Gasteiger partial charge < -0.3 is 11.1 Å². The van der Waals surface area contributed by atoms with E-state index in [1.165, 1.54) is 50.7 Å². The lowest BCUT2D eigenvalue weighted by atomic mass is 10.2. The van der Waals surface area contributed by atoms with Crippen molar-refractivity contribution in [3.8, 4) is 0 Å². The third kappa shape index (κ3) is 5.68. The maximum absolute atomic E-state index is 5.90. The summed E-state index contributed by atoms with van der Waals surface area (Å²) >= 11 is 2.06. The Morgan fingerprint density at radius 2 is 1.88 bits per heavy atom. The zero-order chi connectivity index (χ0) is 11.2. The minimum atomic E-state index is 0.